The molecule has 0 amide bonds. The molecule has 0 fully saturated rings. The standard InChI is InChI=1S/C15H15NO2/c1-12-8-9-16(15(18)11-12)14-6-4-13(5-7-14)3-2-10-17/h2-9,11,17H,10H2,1H3. The minimum atomic E-state index is -0.0337. The predicted molar refractivity (Wildman–Crippen MR) is 72.9 cm³/mol. The Morgan fingerprint density at radius 1 is 1.22 bits per heavy atom. The van der Waals surface area contributed by atoms with Crippen molar-refractivity contribution in [3.8, 4) is 5.69 Å². The number of nitrogens with zero attached hydrogens (tertiary/aromatic N) is 1. The molecule has 92 valence electrons. The van der Waals surface area contributed by atoms with Crippen LogP contribution in [0, 0.1) is 6.92 Å². The first kappa shape index (κ1) is 12.3. The van der Waals surface area contributed by atoms with Crippen LogP contribution in [-0.2, 0) is 0 Å². The van der Waals surface area contributed by atoms with Gasteiger partial charge in [-0.1, -0.05) is 24.3 Å². The molecule has 0 aliphatic heterocycles. The molecule has 0 spiro atoms. The van der Waals surface area contributed by atoms with Gasteiger partial charge in [-0.2, -0.15) is 0 Å². The lowest BCUT2D eigenvalue weighted by molar-refractivity contribution is 0.343. The van der Waals surface area contributed by atoms with Crippen molar-refractivity contribution in [3.05, 3.63) is 70.2 Å². The summed E-state index contributed by atoms with van der Waals surface area (Å²) in [5.41, 5.74) is 2.75. The third-order valence-corrected chi connectivity index (χ3v) is 2.66. The van der Waals surface area contributed by atoms with E-state index in [1.165, 1.54) is 0 Å². The summed E-state index contributed by atoms with van der Waals surface area (Å²) >= 11 is 0. The fourth-order valence-electron chi connectivity index (χ4n) is 1.73. The van der Waals surface area contributed by atoms with Gasteiger partial charge in [0.1, 0.15) is 0 Å². The Labute approximate surface area is 106 Å². The molecule has 2 aromatic rings. The SMILES string of the molecule is Cc1ccn(-c2ccc(C=CCO)cc2)c(=O)c1. The van der Waals surface area contributed by atoms with Gasteiger partial charge in [-0.05, 0) is 36.2 Å². The van der Waals surface area contributed by atoms with Crippen molar-refractivity contribution in [3.63, 3.8) is 0 Å². The Bertz CT molecular complexity index is 609. The summed E-state index contributed by atoms with van der Waals surface area (Å²) in [6, 6.07) is 11.1. The van der Waals surface area contributed by atoms with Crippen LogP contribution < -0.4 is 5.56 Å². The molecule has 3 heteroatoms. The van der Waals surface area contributed by atoms with E-state index < -0.39 is 0 Å². The largest absolute Gasteiger partial charge is 0.392 e. The number of pyridine rings is 1. The molecule has 18 heavy (non-hydrogen) atoms. The second-order valence-corrected chi connectivity index (χ2v) is 4.09. The van der Waals surface area contributed by atoms with Gasteiger partial charge in [-0.25, -0.2) is 0 Å². The molecule has 0 saturated carbocycles. The molecule has 0 aliphatic rings. The highest BCUT2D eigenvalue weighted by Crippen LogP contribution is 2.09. The number of aliphatic hydroxyl groups excluding tert-OH is 1. The zero-order chi connectivity index (χ0) is 13.0. The molecule has 2 rings (SSSR count). The fraction of sp³-hybridized carbons (Fsp3) is 0.133. The van der Waals surface area contributed by atoms with Crippen LogP contribution >= 0.6 is 0 Å². The van der Waals surface area contributed by atoms with Gasteiger partial charge in [-0.15, -0.1) is 0 Å². The van der Waals surface area contributed by atoms with Gasteiger partial charge >= 0.3 is 0 Å². The molecule has 1 heterocycles. The van der Waals surface area contributed by atoms with Crippen LogP contribution in [0.5, 0.6) is 0 Å². The molecule has 0 bridgehead atoms. The zero-order valence-corrected chi connectivity index (χ0v) is 10.2. The Morgan fingerprint density at radius 2 is 1.94 bits per heavy atom. The number of hydrogen-bond donors (Lipinski definition) is 1. The maximum Gasteiger partial charge on any atom is 0.255 e. The van der Waals surface area contributed by atoms with Crippen molar-refractivity contribution in [2.45, 2.75) is 6.92 Å². The first-order chi connectivity index (χ1) is 8.70. The lowest BCUT2D eigenvalue weighted by Crippen LogP contribution is -2.16. The second kappa shape index (κ2) is 5.47. The lowest BCUT2D eigenvalue weighted by Gasteiger charge is -2.06. The predicted octanol–water partition coefficient (Wildman–Crippen LogP) is 2.15. The molecule has 1 aromatic heterocycles. The highest BCUT2D eigenvalue weighted by molar-refractivity contribution is 5.51. The average molecular weight is 241 g/mol. The first-order valence-electron chi connectivity index (χ1n) is 5.78. The van der Waals surface area contributed by atoms with Gasteiger partial charge in [0.2, 0.25) is 0 Å². The van der Waals surface area contributed by atoms with Crippen LogP contribution in [0.25, 0.3) is 11.8 Å². The fourth-order valence-corrected chi connectivity index (χ4v) is 1.73. The molecular formula is C15H15NO2. The van der Waals surface area contributed by atoms with Crippen molar-refractivity contribution in [2.24, 2.45) is 0 Å². The van der Waals surface area contributed by atoms with Crippen LogP contribution in [0.2, 0.25) is 0 Å². The van der Waals surface area contributed by atoms with Gasteiger partial charge in [-0.3, -0.25) is 9.36 Å². The van der Waals surface area contributed by atoms with Crippen LogP contribution in [0.4, 0.5) is 0 Å². The Balaban J connectivity index is 2.34. The lowest BCUT2D eigenvalue weighted by atomic mass is 10.2. The van der Waals surface area contributed by atoms with Crippen molar-refractivity contribution < 1.29 is 5.11 Å². The molecule has 0 saturated heterocycles. The molecule has 1 N–H and O–H groups in total. The smallest absolute Gasteiger partial charge is 0.255 e. The number of rotatable bonds is 3. The molecule has 0 unspecified atom stereocenters. The maximum atomic E-state index is 11.8. The number of aromatic nitrogens is 1. The number of aryl methyl sites for hydroxylation is 1. The summed E-state index contributed by atoms with van der Waals surface area (Å²) in [6.45, 7) is 1.92. The van der Waals surface area contributed by atoms with E-state index in [1.54, 1.807) is 22.9 Å². The summed E-state index contributed by atoms with van der Waals surface area (Å²) in [5.74, 6) is 0. The summed E-state index contributed by atoms with van der Waals surface area (Å²) < 4.78 is 1.60. The van der Waals surface area contributed by atoms with E-state index in [0.717, 1.165) is 16.8 Å². The minimum absolute atomic E-state index is 0.0270. The molecule has 3 nitrogen and oxygen atoms in total. The Hall–Kier alpha value is -2.13. The van der Waals surface area contributed by atoms with Crippen LogP contribution in [0.1, 0.15) is 11.1 Å². The van der Waals surface area contributed by atoms with E-state index in [4.69, 9.17) is 5.11 Å². The van der Waals surface area contributed by atoms with Crippen LogP contribution in [0.15, 0.2) is 53.5 Å². The minimum Gasteiger partial charge on any atom is -0.392 e. The highest BCUT2D eigenvalue weighted by atomic mass is 16.2. The van der Waals surface area contributed by atoms with E-state index in [2.05, 4.69) is 0 Å². The summed E-state index contributed by atoms with van der Waals surface area (Å²) in [6.07, 6.45) is 5.28. The van der Waals surface area contributed by atoms with E-state index in [-0.39, 0.29) is 12.2 Å². The monoisotopic (exact) mass is 241 g/mol. The van der Waals surface area contributed by atoms with E-state index >= 15 is 0 Å². The maximum absolute atomic E-state index is 11.8. The van der Waals surface area contributed by atoms with Gasteiger partial charge in [0, 0.05) is 18.0 Å². The van der Waals surface area contributed by atoms with Gasteiger partial charge < -0.3 is 5.11 Å². The summed E-state index contributed by atoms with van der Waals surface area (Å²) in [5, 5.41) is 8.69. The zero-order valence-electron chi connectivity index (χ0n) is 10.2. The summed E-state index contributed by atoms with van der Waals surface area (Å²) in [4.78, 5) is 11.8. The molecule has 0 aliphatic carbocycles. The topological polar surface area (TPSA) is 42.2 Å². The van der Waals surface area contributed by atoms with Gasteiger partial charge in [0.15, 0.2) is 0 Å². The van der Waals surface area contributed by atoms with Crippen molar-refractivity contribution >= 4 is 6.08 Å². The second-order valence-electron chi connectivity index (χ2n) is 4.09. The highest BCUT2D eigenvalue weighted by Gasteiger charge is 1.98. The van der Waals surface area contributed by atoms with E-state index in [0.29, 0.717) is 0 Å². The Morgan fingerprint density at radius 3 is 2.56 bits per heavy atom. The number of hydrogen-bond acceptors (Lipinski definition) is 2. The van der Waals surface area contributed by atoms with Gasteiger partial charge in [0.05, 0.1) is 6.61 Å². The van der Waals surface area contributed by atoms with E-state index in [9.17, 15) is 4.79 Å². The van der Waals surface area contributed by atoms with Crippen molar-refractivity contribution in [1.29, 1.82) is 0 Å². The normalized spacial score (nSPS) is 11.0. The van der Waals surface area contributed by atoms with E-state index in [1.807, 2.05) is 43.3 Å². The third kappa shape index (κ3) is 2.76. The number of aliphatic hydroxyl groups is 1. The Kier molecular flexibility index (Phi) is 3.75. The first-order valence-corrected chi connectivity index (χ1v) is 5.78. The van der Waals surface area contributed by atoms with Crippen molar-refractivity contribution in [2.75, 3.05) is 6.61 Å². The van der Waals surface area contributed by atoms with Crippen LogP contribution in [0.3, 0.4) is 0 Å². The number of benzene rings is 1. The molecule has 0 atom stereocenters. The van der Waals surface area contributed by atoms with Crippen LogP contribution in [-0.4, -0.2) is 16.3 Å². The summed E-state index contributed by atoms with van der Waals surface area (Å²) in [7, 11) is 0. The van der Waals surface area contributed by atoms with Gasteiger partial charge in [0.25, 0.3) is 5.56 Å². The molecular weight excluding hydrogens is 226 g/mol. The molecule has 0 radical (unpaired) electrons. The quantitative estimate of drug-likeness (QED) is 0.894. The average Bonchev–Trinajstić information content (AvgIpc) is 2.37. The van der Waals surface area contributed by atoms with Crippen molar-refractivity contribution in [1.82, 2.24) is 4.57 Å². The third-order valence-electron chi connectivity index (χ3n) is 2.66. The molecule has 1 aromatic carbocycles.